The summed E-state index contributed by atoms with van der Waals surface area (Å²) in [5.74, 6) is 0.120. The molecule has 0 aromatic carbocycles. The minimum absolute atomic E-state index is 0.120. The summed E-state index contributed by atoms with van der Waals surface area (Å²) in [6, 6.07) is 0. The van der Waals surface area contributed by atoms with Crippen LogP contribution in [0.5, 0.6) is 0 Å². The summed E-state index contributed by atoms with van der Waals surface area (Å²) in [5, 5.41) is 4.53. The predicted molar refractivity (Wildman–Crippen MR) is 50.1 cm³/mol. The van der Waals surface area contributed by atoms with Crippen LogP contribution in [0.25, 0.3) is 0 Å². The lowest BCUT2D eigenvalue weighted by molar-refractivity contribution is -0.197. The second kappa shape index (κ2) is 5.94. The fourth-order valence-electron chi connectivity index (χ4n) is 1.33. The molecule has 0 aliphatic carbocycles. The van der Waals surface area contributed by atoms with Gasteiger partial charge in [-0.3, -0.25) is 9.63 Å². The molecule has 1 N–H and O–H groups in total. The van der Waals surface area contributed by atoms with Crippen LogP contribution in [0.4, 0.5) is 0 Å². The molecule has 1 heterocycles. The van der Waals surface area contributed by atoms with Crippen molar-refractivity contribution in [3.63, 3.8) is 0 Å². The third-order valence-corrected chi connectivity index (χ3v) is 2.10. The SMILES string of the molecule is CNCCCC(=O)N1CCCCO1. The Balaban J connectivity index is 2.13. The van der Waals surface area contributed by atoms with Gasteiger partial charge in [0.15, 0.2) is 0 Å². The van der Waals surface area contributed by atoms with Crippen LogP contribution in [-0.4, -0.2) is 37.7 Å². The number of rotatable bonds is 4. The summed E-state index contributed by atoms with van der Waals surface area (Å²) >= 11 is 0. The van der Waals surface area contributed by atoms with E-state index in [9.17, 15) is 4.79 Å². The average molecular weight is 186 g/mol. The Kier molecular flexibility index (Phi) is 4.78. The molecule has 76 valence electrons. The summed E-state index contributed by atoms with van der Waals surface area (Å²) in [4.78, 5) is 16.7. The molecule has 1 aliphatic rings. The number of hydrogen-bond acceptors (Lipinski definition) is 3. The maximum absolute atomic E-state index is 11.4. The van der Waals surface area contributed by atoms with Crippen molar-refractivity contribution in [2.24, 2.45) is 0 Å². The zero-order valence-corrected chi connectivity index (χ0v) is 8.21. The first-order valence-corrected chi connectivity index (χ1v) is 4.92. The number of nitrogens with one attached hydrogen (secondary N) is 1. The molecule has 0 radical (unpaired) electrons. The molecule has 0 saturated carbocycles. The van der Waals surface area contributed by atoms with Gasteiger partial charge >= 0.3 is 0 Å². The van der Waals surface area contributed by atoms with Gasteiger partial charge in [-0.15, -0.1) is 0 Å². The fraction of sp³-hybridized carbons (Fsp3) is 0.889. The molecule has 1 amide bonds. The minimum Gasteiger partial charge on any atom is -0.320 e. The topological polar surface area (TPSA) is 41.6 Å². The van der Waals surface area contributed by atoms with Crippen LogP contribution >= 0.6 is 0 Å². The Morgan fingerprint density at radius 2 is 2.38 bits per heavy atom. The quantitative estimate of drug-likeness (QED) is 0.651. The largest absolute Gasteiger partial charge is 0.320 e. The summed E-state index contributed by atoms with van der Waals surface area (Å²) in [5.41, 5.74) is 0. The van der Waals surface area contributed by atoms with E-state index in [0.29, 0.717) is 13.0 Å². The number of hydrogen-bond donors (Lipinski definition) is 1. The zero-order chi connectivity index (χ0) is 9.52. The third kappa shape index (κ3) is 3.74. The van der Waals surface area contributed by atoms with E-state index in [4.69, 9.17) is 4.84 Å². The second-order valence-corrected chi connectivity index (χ2v) is 3.24. The highest BCUT2D eigenvalue weighted by molar-refractivity contribution is 5.75. The molecule has 4 heteroatoms. The Morgan fingerprint density at radius 1 is 1.54 bits per heavy atom. The fourth-order valence-corrected chi connectivity index (χ4v) is 1.33. The van der Waals surface area contributed by atoms with E-state index in [1.54, 1.807) is 0 Å². The molecule has 4 nitrogen and oxygen atoms in total. The van der Waals surface area contributed by atoms with Crippen LogP contribution in [0.2, 0.25) is 0 Å². The van der Waals surface area contributed by atoms with Gasteiger partial charge in [-0.1, -0.05) is 0 Å². The highest BCUT2D eigenvalue weighted by Crippen LogP contribution is 2.07. The molecule has 0 spiro atoms. The number of amides is 1. The molecule has 1 rings (SSSR count). The molecular formula is C9H18N2O2. The normalized spacial score (nSPS) is 17.5. The average Bonchev–Trinajstić information content (AvgIpc) is 2.19. The third-order valence-electron chi connectivity index (χ3n) is 2.10. The zero-order valence-electron chi connectivity index (χ0n) is 8.21. The van der Waals surface area contributed by atoms with E-state index in [1.807, 2.05) is 7.05 Å². The Hall–Kier alpha value is -0.610. The van der Waals surface area contributed by atoms with Crippen LogP contribution in [0.3, 0.4) is 0 Å². The number of nitrogens with zero attached hydrogens (tertiary/aromatic N) is 1. The van der Waals surface area contributed by atoms with Gasteiger partial charge in [0.1, 0.15) is 0 Å². The molecular weight excluding hydrogens is 168 g/mol. The van der Waals surface area contributed by atoms with E-state index >= 15 is 0 Å². The predicted octanol–water partition coefficient (Wildman–Crippen LogP) is 0.540. The molecule has 13 heavy (non-hydrogen) atoms. The summed E-state index contributed by atoms with van der Waals surface area (Å²) in [6.07, 6.45) is 3.61. The first-order chi connectivity index (χ1) is 6.34. The van der Waals surface area contributed by atoms with Gasteiger partial charge < -0.3 is 5.32 Å². The van der Waals surface area contributed by atoms with Crippen LogP contribution in [0.15, 0.2) is 0 Å². The molecule has 1 fully saturated rings. The molecule has 1 aliphatic heterocycles. The molecule has 0 bridgehead atoms. The van der Waals surface area contributed by atoms with Crippen molar-refractivity contribution in [3.05, 3.63) is 0 Å². The minimum atomic E-state index is 0.120. The van der Waals surface area contributed by atoms with Gasteiger partial charge in [0.05, 0.1) is 6.61 Å². The van der Waals surface area contributed by atoms with E-state index in [2.05, 4.69) is 5.32 Å². The van der Waals surface area contributed by atoms with Crippen molar-refractivity contribution < 1.29 is 9.63 Å². The molecule has 0 aromatic heterocycles. The van der Waals surface area contributed by atoms with Crippen molar-refractivity contribution in [1.82, 2.24) is 10.4 Å². The van der Waals surface area contributed by atoms with Crippen LogP contribution in [0, 0.1) is 0 Å². The van der Waals surface area contributed by atoms with Crippen molar-refractivity contribution in [1.29, 1.82) is 0 Å². The van der Waals surface area contributed by atoms with Gasteiger partial charge in [-0.25, -0.2) is 5.06 Å². The van der Waals surface area contributed by atoms with Gasteiger partial charge in [-0.2, -0.15) is 0 Å². The summed E-state index contributed by atoms with van der Waals surface area (Å²) in [7, 11) is 1.89. The van der Waals surface area contributed by atoms with Gasteiger partial charge in [-0.05, 0) is 32.9 Å². The Labute approximate surface area is 79.2 Å². The summed E-state index contributed by atoms with van der Waals surface area (Å²) < 4.78 is 0. The first kappa shape index (κ1) is 10.5. The van der Waals surface area contributed by atoms with Crippen LogP contribution in [-0.2, 0) is 9.63 Å². The lowest BCUT2D eigenvalue weighted by Crippen LogP contribution is -2.35. The standard InChI is InChI=1S/C9H18N2O2/c1-10-6-4-5-9(12)11-7-2-3-8-13-11/h10H,2-8H2,1H3. The molecule has 0 unspecified atom stereocenters. The molecule has 1 saturated heterocycles. The van der Waals surface area contributed by atoms with Crippen molar-refractivity contribution in [2.75, 3.05) is 26.7 Å². The highest BCUT2D eigenvalue weighted by atomic mass is 16.7. The number of hydroxylamine groups is 2. The van der Waals surface area contributed by atoms with E-state index in [-0.39, 0.29) is 5.91 Å². The van der Waals surface area contributed by atoms with Crippen molar-refractivity contribution in [3.8, 4) is 0 Å². The maximum atomic E-state index is 11.4. The van der Waals surface area contributed by atoms with E-state index in [1.165, 1.54) is 5.06 Å². The maximum Gasteiger partial charge on any atom is 0.246 e. The summed E-state index contributed by atoms with van der Waals surface area (Å²) in [6.45, 7) is 2.34. The van der Waals surface area contributed by atoms with E-state index in [0.717, 1.165) is 32.4 Å². The number of carbonyl (C=O) groups excluding carboxylic acids is 1. The monoisotopic (exact) mass is 186 g/mol. The lowest BCUT2D eigenvalue weighted by atomic mass is 10.2. The second-order valence-electron chi connectivity index (χ2n) is 3.24. The Bertz CT molecular complexity index is 156. The van der Waals surface area contributed by atoms with Crippen LogP contribution in [0.1, 0.15) is 25.7 Å². The van der Waals surface area contributed by atoms with Crippen molar-refractivity contribution >= 4 is 5.91 Å². The molecule has 0 aromatic rings. The Morgan fingerprint density at radius 3 is 3.00 bits per heavy atom. The number of carbonyl (C=O) groups is 1. The van der Waals surface area contributed by atoms with Gasteiger partial charge in [0, 0.05) is 13.0 Å². The smallest absolute Gasteiger partial charge is 0.246 e. The van der Waals surface area contributed by atoms with Gasteiger partial charge in [0.2, 0.25) is 5.91 Å². The lowest BCUT2D eigenvalue weighted by Gasteiger charge is -2.25. The first-order valence-electron chi connectivity index (χ1n) is 4.92. The van der Waals surface area contributed by atoms with Gasteiger partial charge in [0.25, 0.3) is 0 Å². The van der Waals surface area contributed by atoms with Crippen LogP contribution < -0.4 is 5.32 Å². The molecule has 0 atom stereocenters. The highest BCUT2D eigenvalue weighted by Gasteiger charge is 2.16. The van der Waals surface area contributed by atoms with E-state index < -0.39 is 0 Å². The van der Waals surface area contributed by atoms with Crippen molar-refractivity contribution in [2.45, 2.75) is 25.7 Å².